The van der Waals surface area contributed by atoms with E-state index >= 15 is 0 Å². The van der Waals surface area contributed by atoms with E-state index in [-0.39, 0.29) is 17.4 Å². The van der Waals surface area contributed by atoms with Gasteiger partial charge in [0.05, 0.1) is 5.56 Å². The van der Waals surface area contributed by atoms with Gasteiger partial charge in [-0.2, -0.15) is 13.2 Å². The zero-order valence-electron chi connectivity index (χ0n) is 11.2. The van der Waals surface area contributed by atoms with Crippen molar-refractivity contribution in [3.63, 3.8) is 0 Å². The van der Waals surface area contributed by atoms with E-state index < -0.39 is 11.7 Å². The Labute approximate surface area is 111 Å². The maximum absolute atomic E-state index is 13.1. The summed E-state index contributed by atoms with van der Waals surface area (Å²) in [6, 6.07) is 4.24. The highest BCUT2D eigenvalue weighted by molar-refractivity contribution is 5.62. The Morgan fingerprint density at radius 3 is 2.58 bits per heavy atom. The van der Waals surface area contributed by atoms with Gasteiger partial charge in [0.1, 0.15) is 0 Å². The number of benzene rings is 1. The topological polar surface area (TPSA) is 29.3 Å². The van der Waals surface area contributed by atoms with Crippen LogP contribution in [0.2, 0.25) is 0 Å². The van der Waals surface area contributed by atoms with E-state index in [0.29, 0.717) is 12.5 Å². The third-order valence-electron chi connectivity index (χ3n) is 3.70. The van der Waals surface area contributed by atoms with Crippen molar-refractivity contribution in [2.45, 2.75) is 38.9 Å². The van der Waals surface area contributed by atoms with Crippen molar-refractivity contribution in [2.24, 2.45) is 5.92 Å². The zero-order valence-corrected chi connectivity index (χ0v) is 11.2. The molecule has 2 nitrogen and oxygen atoms in total. The summed E-state index contributed by atoms with van der Waals surface area (Å²) in [5, 5.41) is 0. The van der Waals surface area contributed by atoms with E-state index in [4.69, 9.17) is 5.73 Å². The predicted octanol–water partition coefficient (Wildman–Crippen LogP) is 3.91. The molecule has 0 spiro atoms. The van der Waals surface area contributed by atoms with Gasteiger partial charge in [0.25, 0.3) is 0 Å². The number of halogens is 3. The smallest absolute Gasteiger partial charge is 0.399 e. The van der Waals surface area contributed by atoms with Crippen LogP contribution in [0, 0.1) is 5.92 Å². The Morgan fingerprint density at radius 2 is 2.00 bits per heavy atom. The molecule has 1 aromatic rings. The summed E-state index contributed by atoms with van der Waals surface area (Å²) in [5.41, 5.74) is 5.29. The van der Waals surface area contributed by atoms with Crippen LogP contribution in [0.5, 0.6) is 0 Å². The number of nitrogens with two attached hydrogens (primary N) is 1. The van der Waals surface area contributed by atoms with Crippen molar-refractivity contribution >= 4 is 11.4 Å². The molecular formula is C14H19F3N2. The molecule has 106 valence electrons. The second-order valence-corrected chi connectivity index (χ2v) is 5.42. The molecule has 0 saturated carbocycles. The quantitative estimate of drug-likeness (QED) is 0.827. The molecule has 2 N–H and O–H groups in total. The molecule has 19 heavy (non-hydrogen) atoms. The fourth-order valence-electron chi connectivity index (χ4n) is 2.82. The average molecular weight is 272 g/mol. The lowest BCUT2D eigenvalue weighted by Gasteiger charge is -2.32. The molecule has 0 aliphatic carbocycles. The summed E-state index contributed by atoms with van der Waals surface area (Å²) in [4.78, 5) is 1.88. The molecule has 1 aliphatic rings. The van der Waals surface area contributed by atoms with Gasteiger partial charge in [0.2, 0.25) is 0 Å². The van der Waals surface area contributed by atoms with Crippen LogP contribution in [0.4, 0.5) is 24.5 Å². The Hall–Kier alpha value is -1.39. The van der Waals surface area contributed by atoms with Gasteiger partial charge in [-0.05, 0) is 37.0 Å². The van der Waals surface area contributed by atoms with Crippen molar-refractivity contribution in [2.75, 3.05) is 17.2 Å². The van der Waals surface area contributed by atoms with Gasteiger partial charge >= 0.3 is 6.18 Å². The van der Waals surface area contributed by atoms with Crippen LogP contribution in [0.25, 0.3) is 0 Å². The minimum absolute atomic E-state index is 0.149. The van der Waals surface area contributed by atoms with Gasteiger partial charge in [-0.25, -0.2) is 0 Å². The van der Waals surface area contributed by atoms with Crippen LogP contribution in [-0.2, 0) is 6.18 Å². The van der Waals surface area contributed by atoms with Gasteiger partial charge in [-0.1, -0.05) is 13.8 Å². The Kier molecular flexibility index (Phi) is 3.65. The molecule has 1 atom stereocenters. The van der Waals surface area contributed by atoms with Crippen LogP contribution in [-0.4, -0.2) is 12.6 Å². The SMILES string of the molecule is CC(C)C1CCCN1c1ccc(N)cc1C(F)(F)F. The highest BCUT2D eigenvalue weighted by Crippen LogP contribution is 2.41. The first kappa shape index (κ1) is 14.0. The first-order chi connectivity index (χ1) is 8.80. The summed E-state index contributed by atoms with van der Waals surface area (Å²) in [6.07, 6.45) is -2.49. The predicted molar refractivity (Wildman–Crippen MR) is 71.1 cm³/mol. The second kappa shape index (κ2) is 4.94. The van der Waals surface area contributed by atoms with E-state index in [1.54, 1.807) is 6.07 Å². The van der Waals surface area contributed by atoms with Crippen molar-refractivity contribution in [1.29, 1.82) is 0 Å². The monoisotopic (exact) mass is 272 g/mol. The van der Waals surface area contributed by atoms with Gasteiger partial charge in [0.15, 0.2) is 0 Å². The molecule has 0 aromatic heterocycles. The van der Waals surface area contributed by atoms with Crippen molar-refractivity contribution in [3.05, 3.63) is 23.8 Å². The summed E-state index contributed by atoms with van der Waals surface area (Å²) in [6.45, 7) is 4.77. The number of hydrogen-bond donors (Lipinski definition) is 1. The molecule has 5 heteroatoms. The Morgan fingerprint density at radius 1 is 1.32 bits per heavy atom. The van der Waals surface area contributed by atoms with E-state index in [0.717, 1.165) is 18.9 Å². The summed E-state index contributed by atoms with van der Waals surface area (Å²) in [5.74, 6) is 0.334. The van der Waals surface area contributed by atoms with Gasteiger partial charge in [0, 0.05) is 24.0 Å². The Balaban J connectivity index is 2.44. The fourth-order valence-corrected chi connectivity index (χ4v) is 2.82. The minimum atomic E-state index is -4.37. The molecule has 1 heterocycles. The van der Waals surface area contributed by atoms with Gasteiger partial charge in [-0.15, -0.1) is 0 Å². The molecule has 0 bridgehead atoms. The molecule has 2 rings (SSSR count). The first-order valence-electron chi connectivity index (χ1n) is 6.54. The normalized spacial score (nSPS) is 20.3. The van der Waals surface area contributed by atoms with Crippen LogP contribution in [0.3, 0.4) is 0 Å². The number of anilines is 2. The van der Waals surface area contributed by atoms with Crippen molar-refractivity contribution in [1.82, 2.24) is 0 Å². The molecular weight excluding hydrogens is 253 g/mol. The van der Waals surface area contributed by atoms with Gasteiger partial charge < -0.3 is 10.6 Å². The summed E-state index contributed by atoms with van der Waals surface area (Å²) >= 11 is 0. The highest BCUT2D eigenvalue weighted by atomic mass is 19.4. The molecule has 1 aliphatic heterocycles. The van der Waals surface area contributed by atoms with Crippen LogP contribution < -0.4 is 10.6 Å². The second-order valence-electron chi connectivity index (χ2n) is 5.42. The molecule has 0 amide bonds. The third-order valence-corrected chi connectivity index (χ3v) is 3.70. The lowest BCUT2D eigenvalue weighted by molar-refractivity contribution is -0.137. The standard InChI is InChI=1S/C14H19F3N2/c1-9(2)12-4-3-7-19(12)13-6-5-10(18)8-11(13)14(15,16)17/h5-6,8-9,12H,3-4,7,18H2,1-2H3. The molecule has 1 aromatic carbocycles. The summed E-state index contributed by atoms with van der Waals surface area (Å²) in [7, 11) is 0. The van der Waals surface area contributed by atoms with E-state index in [9.17, 15) is 13.2 Å². The van der Waals surface area contributed by atoms with Crippen LogP contribution >= 0.6 is 0 Å². The largest absolute Gasteiger partial charge is 0.418 e. The zero-order chi connectivity index (χ0) is 14.2. The lowest BCUT2D eigenvalue weighted by atomic mass is 10.0. The molecule has 1 fully saturated rings. The summed E-state index contributed by atoms with van der Waals surface area (Å²) < 4.78 is 39.4. The van der Waals surface area contributed by atoms with Crippen molar-refractivity contribution in [3.8, 4) is 0 Å². The van der Waals surface area contributed by atoms with E-state index in [1.165, 1.54) is 6.07 Å². The van der Waals surface area contributed by atoms with Crippen LogP contribution in [0.15, 0.2) is 18.2 Å². The first-order valence-corrected chi connectivity index (χ1v) is 6.54. The van der Waals surface area contributed by atoms with E-state index in [2.05, 4.69) is 0 Å². The number of nitrogens with zero attached hydrogens (tertiary/aromatic N) is 1. The Bertz CT molecular complexity index is 454. The molecule has 1 saturated heterocycles. The molecule has 1 unspecified atom stereocenters. The minimum Gasteiger partial charge on any atom is -0.399 e. The fraction of sp³-hybridized carbons (Fsp3) is 0.571. The third kappa shape index (κ3) is 2.80. The average Bonchev–Trinajstić information content (AvgIpc) is 2.76. The number of rotatable bonds is 2. The van der Waals surface area contributed by atoms with E-state index in [1.807, 2.05) is 18.7 Å². The van der Waals surface area contributed by atoms with Gasteiger partial charge in [-0.3, -0.25) is 0 Å². The lowest BCUT2D eigenvalue weighted by Crippen LogP contribution is -2.34. The maximum Gasteiger partial charge on any atom is 0.418 e. The maximum atomic E-state index is 13.1. The number of hydrogen-bond acceptors (Lipinski definition) is 2. The number of alkyl halides is 3. The highest BCUT2D eigenvalue weighted by Gasteiger charge is 2.38. The molecule has 0 radical (unpaired) electrons. The van der Waals surface area contributed by atoms with Crippen LogP contribution in [0.1, 0.15) is 32.3 Å². The number of nitrogen functional groups attached to an aromatic ring is 1. The van der Waals surface area contributed by atoms with Crippen molar-refractivity contribution < 1.29 is 13.2 Å².